The lowest BCUT2D eigenvalue weighted by Crippen LogP contribution is -2.41. The minimum atomic E-state index is -0.850. The van der Waals surface area contributed by atoms with E-state index in [9.17, 15) is 14.3 Å². The SMILES string of the molecule is O=C(c1cc(O)c(O)cc1F)N1CCOCC1. The van der Waals surface area contributed by atoms with Crippen LogP contribution in [0.5, 0.6) is 11.5 Å². The van der Waals surface area contributed by atoms with E-state index in [0.717, 1.165) is 12.1 Å². The molecule has 0 aromatic heterocycles. The molecule has 2 rings (SSSR count). The summed E-state index contributed by atoms with van der Waals surface area (Å²) in [6, 6.07) is 1.66. The molecule has 1 aliphatic heterocycles. The van der Waals surface area contributed by atoms with Crippen LogP contribution in [-0.4, -0.2) is 47.3 Å². The highest BCUT2D eigenvalue weighted by Gasteiger charge is 2.22. The number of halogens is 1. The molecule has 1 saturated heterocycles. The highest BCUT2D eigenvalue weighted by Crippen LogP contribution is 2.28. The molecule has 6 heteroatoms. The van der Waals surface area contributed by atoms with Gasteiger partial charge >= 0.3 is 0 Å². The Hall–Kier alpha value is -1.82. The molecule has 1 fully saturated rings. The molecule has 1 heterocycles. The second-order valence-electron chi connectivity index (χ2n) is 3.73. The summed E-state index contributed by atoms with van der Waals surface area (Å²) in [5.74, 6) is -2.46. The number of phenols is 2. The minimum Gasteiger partial charge on any atom is -0.504 e. The first-order chi connectivity index (χ1) is 8.09. The van der Waals surface area contributed by atoms with Crippen molar-refractivity contribution in [3.8, 4) is 11.5 Å². The number of amides is 1. The maximum absolute atomic E-state index is 13.5. The third-order valence-electron chi connectivity index (χ3n) is 2.59. The van der Waals surface area contributed by atoms with Crippen LogP contribution in [0.15, 0.2) is 12.1 Å². The van der Waals surface area contributed by atoms with Crippen molar-refractivity contribution in [1.82, 2.24) is 4.90 Å². The summed E-state index contributed by atoms with van der Waals surface area (Å²) in [5.41, 5.74) is -0.248. The zero-order valence-corrected chi connectivity index (χ0v) is 9.02. The number of nitrogens with zero attached hydrogens (tertiary/aromatic N) is 1. The molecule has 2 N–H and O–H groups in total. The Morgan fingerprint density at radius 3 is 2.47 bits per heavy atom. The van der Waals surface area contributed by atoms with Crippen LogP contribution < -0.4 is 0 Å². The van der Waals surface area contributed by atoms with Crippen LogP contribution >= 0.6 is 0 Å². The van der Waals surface area contributed by atoms with Crippen LogP contribution in [-0.2, 0) is 4.74 Å². The van der Waals surface area contributed by atoms with E-state index >= 15 is 0 Å². The first-order valence-corrected chi connectivity index (χ1v) is 5.18. The molecular weight excluding hydrogens is 229 g/mol. The van der Waals surface area contributed by atoms with Gasteiger partial charge in [-0.15, -0.1) is 0 Å². The van der Waals surface area contributed by atoms with Crippen LogP contribution in [0, 0.1) is 5.82 Å². The molecule has 0 radical (unpaired) electrons. The number of aromatic hydroxyl groups is 2. The van der Waals surface area contributed by atoms with Gasteiger partial charge in [0.2, 0.25) is 0 Å². The van der Waals surface area contributed by atoms with Crippen LogP contribution in [0.4, 0.5) is 4.39 Å². The van der Waals surface area contributed by atoms with E-state index in [1.807, 2.05) is 0 Å². The average Bonchev–Trinajstić information content (AvgIpc) is 2.34. The van der Waals surface area contributed by atoms with Crippen molar-refractivity contribution < 1.29 is 24.1 Å². The third kappa shape index (κ3) is 2.31. The molecular formula is C11H12FNO4. The Labute approximate surface area is 97.0 Å². The van der Waals surface area contributed by atoms with Gasteiger partial charge in [-0.25, -0.2) is 4.39 Å². The van der Waals surface area contributed by atoms with Gasteiger partial charge in [-0.2, -0.15) is 0 Å². The molecule has 1 aliphatic rings. The lowest BCUT2D eigenvalue weighted by atomic mass is 10.1. The number of phenolic OH excluding ortho intramolecular Hbond substituents is 2. The van der Waals surface area contributed by atoms with Gasteiger partial charge in [-0.05, 0) is 6.07 Å². The van der Waals surface area contributed by atoms with Crippen molar-refractivity contribution in [3.05, 3.63) is 23.5 Å². The lowest BCUT2D eigenvalue weighted by Gasteiger charge is -2.27. The van der Waals surface area contributed by atoms with Gasteiger partial charge in [0.05, 0.1) is 18.8 Å². The average molecular weight is 241 g/mol. The molecule has 1 aromatic carbocycles. The van der Waals surface area contributed by atoms with Gasteiger partial charge in [0.25, 0.3) is 5.91 Å². The zero-order chi connectivity index (χ0) is 12.4. The summed E-state index contributed by atoms with van der Waals surface area (Å²) >= 11 is 0. The standard InChI is InChI=1S/C11H12FNO4/c12-8-6-10(15)9(14)5-7(8)11(16)13-1-3-17-4-2-13/h5-6,14-15H,1-4H2. The summed E-state index contributed by atoms with van der Waals surface area (Å²) in [6.07, 6.45) is 0. The normalized spacial score (nSPS) is 15.9. The van der Waals surface area contributed by atoms with Gasteiger partial charge in [0.1, 0.15) is 5.82 Å². The van der Waals surface area contributed by atoms with Gasteiger partial charge in [-0.1, -0.05) is 0 Å². The molecule has 0 aliphatic carbocycles. The molecule has 1 amide bonds. The van der Waals surface area contributed by atoms with E-state index in [1.54, 1.807) is 0 Å². The van der Waals surface area contributed by atoms with Gasteiger partial charge in [0.15, 0.2) is 11.5 Å². The second kappa shape index (κ2) is 4.58. The Morgan fingerprint density at radius 1 is 1.24 bits per heavy atom. The molecule has 1 aromatic rings. The topological polar surface area (TPSA) is 70.0 Å². The van der Waals surface area contributed by atoms with Crippen LogP contribution in [0.25, 0.3) is 0 Å². The lowest BCUT2D eigenvalue weighted by molar-refractivity contribution is 0.0299. The van der Waals surface area contributed by atoms with Crippen molar-refractivity contribution in [3.63, 3.8) is 0 Å². The molecule has 0 unspecified atom stereocenters. The first kappa shape index (κ1) is 11.7. The van der Waals surface area contributed by atoms with Crippen molar-refractivity contribution in [2.24, 2.45) is 0 Å². The van der Waals surface area contributed by atoms with Gasteiger partial charge < -0.3 is 19.8 Å². The molecule has 0 spiro atoms. The molecule has 5 nitrogen and oxygen atoms in total. The minimum absolute atomic E-state index is 0.248. The monoisotopic (exact) mass is 241 g/mol. The van der Waals surface area contributed by atoms with E-state index in [4.69, 9.17) is 9.84 Å². The predicted molar refractivity (Wildman–Crippen MR) is 56.5 cm³/mol. The number of morpholine rings is 1. The fourth-order valence-electron chi connectivity index (χ4n) is 1.65. The van der Waals surface area contributed by atoms with Crippen molar-refractivity contribution in [2.75, 3.05) is 26.3 Å². The molecule has 92 valence electrons. The first-order valence-electron chi connectivity index (χ1n) is 5.18. The Balaban J connectivity index is 2.26. The van der Waals surface area contributed by atoms with Crippen LogP contribution in [0.3, 0.4) is 0 Å². The van der Waals surface area contributed by atoms with E-state index in [-0.39, 0.29) is 5.56 Å². The van der Waals surface area contributed by atoms with Gasteiger partial charge in [-0.3, -0.25) is 4.79 Å². The maximum Gasteiger partial charge on any atom is 0.257 e. The van der Waals surface area contributed by atoms with Crippen molar-refractivity contribution >= 4 is 5.91 Å². The number of ether oxygens (including phenoxy) is 1. The third-order valence-corrected chi connectivity index (χ3v) is 2.59. The number of carbonyl (C=O) groups is 1. The summed E-state index contributed by atoms with van der Waals surface area (Å²) in [5, 5.41) is 18.3. The zero-order valence-electron chi connectivity index (χ0n) is 9.02. The fraction of sp³-hybridized carbons (Fsp3) is 0.364. The summed E-state index contributed by atoms with van der Waals surface area (Å²) in [7, 11) is 0. The number of rotatable bonds is 1. The van der Waals surface area contributed by atoms with Crippen LogP contribution in [0.2, 0.25) is 0 Å². The maximum atomic E-state index is 13.5. The van der Waals surface area contributed by atoms with Crippen molar-refractivity contribution in [1.29, 1.82) is 0 Å². The van der Waals surface area contributed by atoms with E-state index in [0.29, 0.717) is 26.3 Å². The van der Waals surface area contributed by atoms with E-state index < -0.39 is 23.2 Å². The van der Waals surface area contributed by atoms with E-state index in [2.05, 4.69) is 0 Å². The Bertz CT molecular complexity index is 443. The number of benzene rings is 1. The molecule has 0 bridgehead atoms. The molecule has 17 heavy (non-hydrogen) atoms. The molecule has 0 saturated carbocycles. The second-order valence-corrected chi connectivity index (χ2v) is 3.73. The Morgan fingerprint density at radius 2 is 1.82 bits per heavy atom. The quantitative estimate of drug-likeness (QED) is 0.710. The molecule has 0 atom stereocenters. The predicted octanol–water partition coefficient (Wildman–Crippen LogP) is 0.709. The number of hydrogen-bond acceptors (Lipinski definition) is 4. The summed E-state index contributed by atoms with van der Waals surface area (Å²) in [4.78, 5) is 13.4. The Kier molecular flexibility index (Phi) is 3.14. The fourth-order valence-corrected chi connectivity index (χ4v) is 1.65. The highest BCUT2D eigenvalue weighted by atomic mass is 19.1. The van der Waals surface area contributed by atoms with Gasteiger partial charge in [0, 0.05) is 19.2 Å². The van der Waals surface area contributed by atoms with Crippen molar-refractivity contribution in [2.45, 2.75) is 0 Å². The van der Waals surface area contributed by atoms with E-state index in [1.165, 1.54) is 4.90 Å². The summed E-state index contributed by atoms with van der Waals surface area (Å²) in [6.45, 7) is 1.61. The van der Waals surface area contributed by atoms with Crippen LogP contribution in [0.1, 0.15) is 10.4 Å². The number of hydrogen-bond donors (Lipinski definition) is 2. The largest absolute Gasteiger partial charge is 0.504 e. The highest BCUT2D eigenvalue weighted by molar-refractivity contribution is 5.95. The smallest absolute Gasteiger partial charge is 0.257 e. The number of carbonyl (C=O) groups excluding carboxylic acids is 1. The summed E-state index contributed by atoms with van der Waals surface area (Å²) < 4.78 is 18.6.